The van der Waals surface area contributed by atoms with Gasteiger partial charge < -0.3 is 15.4 Å². The summed E-state index contributed by atoms with van der Waals surface area (Å²) >= 11 is 0. The highest BCUT2D eigenvalue weighted by molar-refractivity contribution is 5.78. The van der Waals surface area contributed by atoms with E-state index in [1.54, 1.807) is 0 Å². The van der Waals surface area contributed by atoms with E-state index in [1.807, 2.05) is 0 Å². The fourth-order valence-electron chi connectivity index (χ4n) is 1.85. The maximum Gasteiger partial charge on any atom is 0.191 e. The molecule has 1 heterocycles. The van der Waals surface area contributed by atoms with Crippen LogP contribution in [0.3, 0.4) is 0 Å². The van der Waals surface area contributed by atoms with Crippen molar-refractivity contribution < 1.29 is 4.74 Å². The first-order valence-electron chi connectivity index (χ1n) is 6.62. The van der Waals surface area contributed by atoms with Crippen molar-refractivity contribution in [2.75, 3.05) is 32.8 Å². The third-order valence-electron chi connectivity index (χ3n) is 2.94. The molecule has 1 aliphatic rings. The van der Waals surface area contributed by atoms with Crippen LogP contribution in [0.2, 0.25) is 0 Å². The van der Waals surface area contributed by atoms with Crippen molar-refractivity contribution >= 4 is 5.96 Å². The van der Waals surface area contributed by atoms with Crippen LogP contribution in [0, 0.1) is 5.41 Å². The molecule has 0 spiro atoms. The van der Waals surface area contributed by atoms with Gasteiger partial charge in [-0.05, 0) is 18.3 Å². The van der Waals surface area contributed by atoms with E-state index in [2.05, 4.69) is 30.7 Å². The fourth-order valence-corrected chi connectivity index (χ4v) is 1.85. The summed E-state index contributed by atoms with van der Waals surface area (Å²) in [6.07, 6.45) is 3.60. The molecule has 1 saturated heterocycles. The Labute approximate surface area is 105 Å². The molecule has 0 saturated carbocycles. The van der Waals surface area contributed by atoms with Crippen LogP contribution in [0.4, 0.5) is 0 Å². The van der Waals surface area contributed by atoms with Crippen molar-refractivity contribution in [1.29, 1.82) is 0 Å². The van der Waals surface area contributed by atoms with E-state index in [4.69, 9.17) is 10.5 Å². The summed E-state index contributed by atoms with van der Waals surface area (Å²) in [4.78, 5) is 6.54. The molecule has 0 aromatic rings. The predicted molar refractivity (Wildman–Crippen MR) is 72.2 cm³/mol. The quantitative estimate of drug-likeness (QED) is 0.464. The summed E-state index contributed by atoms with van der Waals surface area (Å²) in [6, 6.07) is 0. The number of unbranched alkanes of at least 4 members (excludes halogenated alkanes) is 1. The summed E-state index contributed by atoms with van der Waals surface area (Å²) in [5.74, 6) is 0.684. The van der Waals surface area contributed by atoms with Crippen LogP contribution in [0.25, 0.3) is 0 Å². The second kappa shape index (κ2) is 6.84. The Balaban J connectivity index is 2.14. The number of hydrogen-bond acceptors (Lipinski definition) is 2. The highest BCUT2D eigenvalue weighted by Gasteiger charge is 2.12. The maximum absolute atomic E-state index is 5.94. The van der Waals surface area contributed by atoms with E-state index >= 15 is 0 Å². The first kappa shape index (κ1) is 14.3. The molecule has 4 nitrogen and oxygen atoms in total. The zero-order valence-electron chi connectivity index (χ0n) is 11.5. The minimum Gasteiger partial charge on any atom is -0.378 e. The highest BCUT2D eigenvalue weighted by atomic mass is 16.5. The summed E-state index contributed by atoms with van der Waals surface area (Å²) in [7, 11) is 0. The van der Waals surface area contributed by atoms with Crippen molar-refractivity contribution in [2.45, 2.75) is 40.0 Å². The third kappa shape index (κ3) is 6.51. The molecular weight excluding hydrogens is 214 g/mol. The monoisotopic (exact) mass is 241 g/mol. The Hall–Kier alpha value is -0.770. The van der Waals surface area contributed by atoms with E-state index < -0.39 is 0 Å². The fraction of sp³-hybridized carbons (Fsp3) is 0.923. The molecule has 0 amide bonds. The molecule has 1 fully saturated rings. The van der Waals surface area contributed by atoms with Crippen molar-refractivity contribution in [2.24, 2.45) is 16.1 Å². The van der Waals surface area contributed by atoms with Crippen LogP contribution in [0.5, 0.6) is 0 Å². The first-order valence-corrected chi connectivity index (χ1v) is 6.62. The Kier molecular flexibility index (Phi) is 5.75. The number of nitrogens with two attached hydrogens (primary N) is 1. The van der Waals surface area contributed by atoms with Crippen LogP contribution in [-0.4, -0.2) is 43.7 Å². The standard InChI is InChI=1S/C13H27N3O/c1-13(2,3)6-4-5-7-15-12(14)16-8-10-17-11-9-16/h4-11H2,1-3H3,(H2,14,15). The summed E-state index contributed by atoms with van der Waals surface area (Å²) in [5, 5.41) is 0. The lowest BCUT2D eigenvalue weighted by molar-refractivity contribution is 0.0674. The average Bonchev–Trinajstić information content (AvgIpc) is 2.28. The molecule has 100 valence electrons. The summed E-state index contributed by atoms with van der Waals surface area (Å²) in [6.45, 7) is 10.9. The van der Waals surface area contributed by atoms with Gasteiger partial charge >= 0.3 is 0 Å². The predicted octanol–water partition coefficient (Wildman–Crippen LogP) is 1.85. The number of ether oxygens (including phenoxy) is 1. The molecule has 0 radical (unpaired) electrons. The van der Waals surface area contributed by atoms with Gasteiger partial charge in [-0.1, -0.05) is 27.2 Å². The lowest BCUT2D eigenvalue weighted by atomic mass is 9.90. The van der Waals surface area contributed by atoms with Crippen molar-refractivity contribution in [3.8, 4) is 0 Å². The topological polar surface area (TPSA) is 50.8 Å². The second-order valence-corrected chi connectivity index (χ2v) is 5.86. The van der Waals surface area contributed by atoms with Gasteiger partial charge in [0.25, 0.3) is 0 Å². The molecule has 0 aliphatic carbocycles. The van der Waals surface area contributed by atoms with Gasteiger partial charge in [0.2, 0.25) is 0 Å². The number of rotatable bonds is 4. The highest BCUT2D eigenvalue weighted by Crippen LogP contribution is 2.21. The van der Waals surface area contributed by atoms with Crippen LogP contribution in [0.15, 0.2) is 4.99 Å². The Morgan fingerprint density at radius 3 is 2.47 bits per heavy atom. The van der Waals surface area contributed by atoms with Crippen molar-refractivity contribution in [3.63, 3.8) is 0 Å². The maximum atomic E-state index is 5.94. The average molecular weight is 241 g/mol. The van der Waals surface area contributed by atoms with E-state index in [0.717, 1.165) is 39.3 Å². The molecule has 2 N–H and O–H groups in total. The Morgan fingerprint density at radius 1 is 1.24 bits per heavy atom. The van der Waals surface area contributed by atoms with Gasteiger partial charge in [-0.3, -0.25) is 4.99 Å². The zero-order valence-corrected chi connectivity index (χ0v) is 11.5. The van der Waals surface area contributed by atoms with Gasteiger partial charge in [-0.15, -0.1) is 0 Å². The Bertz CT molecular complexity index is 240. The van der Waals surface area contributed by atoms with Crippen molar-refractivity contribution in [1.82, 2.24) is 4.90 Å². The molecule has 4 heteroatoms. The normalized spacial score (nSPS) is 18.5. The smallest absolute Gasteiger partial charge is 0.191 e. The molecule has 0 atom stereocenters. The number of nitrogens with zero attached hydrogens (tertiary/aromatic N) is 2. The minimum absolute atomic E-state index is 0.430. The molecule has 17 heavy (non-hydrogen) atoms. The van der Waals surface area contributed by atoms with E-state index in [-0.39, 0.29) is 0 Å². The van der Waals surface area contributed by atoms with E-state index in [9.17, 15) is 0 Å². The third-order valence-corrected chi connectivity index (χ3v) is 2.94. The number of aliphatic imine (C=N–C) groups is 1. The summed E-state index contributed by atoms with van der Waals surface area (Å²) in [5.41, 5.74) is 6.37. The molecule has 0 unspecified atom stereocenters. The molecule has 0 bridgehead atoms. The molecule has 1 aliphatic heterocycles. The van der Waals surface area contributed by atoms with Gasteiger partial charge in [0.05, 0.1) is 13.2 Å². The minimum atomic E-state index is 0.430. The Morgan fingerprint density at radius 2 is 1.88 bits per heavy atom. The first-order chi connectivity index (χ1) is 7.99. The van der Waals surface area contributed by atoms with Crippen LogP contribution in [0.1, 0.15) is 40.0 Å². The van der Waals surface area contributed by atoms with Gasteiger partial charge in [0, 0.05) is 19.6 Å². The molecule has 1 rings (SSSR count). The van der Waals surface area contributed by atoms with Gasteiger partial charge in [-0.2, -0.15) is 0 Å². The number of morpholine rings is 1. The molecule has 0 aromatic heterocycles. The SMILES string of the molecule is CC(C)(C)CCCCN=C(N)N1CCOCC1. The van der Waals surface area contributed by atoms with Crippen LogP contribution in [-0.2, 0) is 4.74 Å². The van der Waals surface area contributed by atoms with Crippen molar-refractivity contribution in [3.05, 3.63) is 0 Å². The summed E-state index contributed by atoms with van der Waals surface area (Å²) < 4.78 is 5.28. The number of hydrogen-bond donors (Lipinski definition) is 1. The lowest BCUT2D eigenvalue weighted by Gasteiger charge is -2.27. The van der Waals surface area contributed by atoms with Gasteiger partial charge in [-0.25, -0.2) is 0 Å². The van der Waals surface area contributed by atoms with Gasteiger partial charge in [0.1, 0.15) is 0 Å². The van der Waals surface area contributed by atoms with Crippen LogP contribution < -0.4 is 5.73 Å². The molecular formula is C13H27N3O. The second-order valence-electron chi connectivity index (χ2n) is 5.86. The van der Waals surface area contributed by atoms with Crippen LogP contribution >= 0.6 is 0 Å². The van der Waals surface area contributed by atoms with E-state index in [0.29, 0.717) is 11.4 Å². The molecule has 0 aromatic carbocycles. The van der Waals surface area contributed by atoms with E-state index in [1.165, 1.54) is 12.8 Å². The van der Waals surface area contributed by atoms with Gasteiger partial charge in [0.15, 0.2) is 5.96 Å². The zero-order chi connectivity index (χ0) is 12.7. The largest absolute Gasteiger partial charge is 0.378 e. The number of guanidine groups is 1. The lowest BCUT2D eigenvalue weighted by Crippen LogP contribution is -2.44.